The van der Waals surface area contributed by atoms with Crippen LogP contribution in [0.1, 0.15) is 13.8 Å². The number of halogens is 1. The molecule has 0 aliphatic rings. The molecule has 0 N–H and O–H groups in total. The molecule has 0 fully saturated rings. The summed E-state index contributed by atoms with van der Waals surface area (Å²) in [7, 11) is 0.500. The lowest BCUT2D eigenvalue weighted by atomic mass is 10.6. The van der Waals surface area contributed by atoms with Crippen molar-refractivity contribution in [2.24, 2.45) is 0 Å². The largest absolute Gasteiger partial charge is 0.772 e. The second-order valence-corrected chi connectivity index (χ2v) is 2.77. The van der Waals surface area contributed by atoms with E-state index in [1.54, 1.807) is 13.8 Å². The Kier molecular flexibility index (Phi) is 9.61. The normalized spacial score (nSPS) is 12.2. The first-order chi connectivity index (χ1) is 3.64. The van der Waals surface area contributed by atoms with Crippen molar-refractivity contribution in [1.29, 1.82) is 0 Å². The van der Waals surface area contributed by atoms with Crippen LogP contribution >= 0.6 is 0 Å². The van der Waals surface area contributed by atoms with E-state index in [-0.39, 0.29) is 5.25 Å². The maximum Gasteiger partial charge on any atom is 0.0785 e. The molecule has 0 saturated heterocycles. The van der Waals surface area contributed by atoms with E-state index in [1.165, 1.54) is 0 Å². The average molecular weight is 141 g/mol. The Morgan fingerprint density at radius 1 is 1.50 bits per heavy atom. The third-order valence-corrected chi connectivity index (χ3v) is 1.15. The van der Waals surface area contributed by atoms with Crippen molar-refractivity contribution < 1.29 is 13.2 Å². The number of hydrogen-bond donors (Lipinski definition) is 0. The van der Waals surface area contributed by atoms with Gasteiger partial charge in [0.1, 0.15) is 0 Å². The van der Waals surface area contributed by atoms with E-state index in [2.05, 4.69) is 0 Å². The Bertz CT molecular complexity index is 65.1. The Labute approximate surface area is 51.4 Å². The van der Waals surface area contributed by atoms with Gasteiger partial charge in [-0.25, -0.2) is 0 Å². The van der Waals surface area contributed by atoms with Crippen molar-refractivity contribution in [2.45, 2.75) is 19.1 Å². The topological polar surface area (TPSA) is 40.1 Å². The van der Waals surface area contributed by atoms with Crippen LogP contribution in [-0.2, 0) is 11.1 Å². The molecule has 0 aliphatic heterocycles. The van der Waals surface area contributed by atoms with Gasteiger partial charge in [-0.2, -0.15) is 0 Å². The molecule has 0 aromatic rings. The third-order valence-electron chi connectivity index (χ3n) is 0.385. The highest BCUT2D eigenvalue weighted by Crippen LogP contribution is 1.84. The van der Waals surface area contributed by atoms with Crippen LogP contribution in [0.25, 0.3) is 0 Å². The molecule has 0 aromatic carbocycles. The van der Waals surface area contributed by atoms with Gasteiger partial charge in [-0.15, -0.1) is 0 Å². The standard InChI is InChI=1S/C3H8O2S.CH3F/c1-3(2)6(4)5;1-2/h3H,1-2H3,(H,4,5);1H3/p-1. The van der Waals surface area contributed by atoms with Crippen molar-refractivity contribution in [2.75, 3.05) is 7.18 Å². The van der Waals surface area contributed by atoms with Crippen LogP contribution in [-0.4, -0.2) is 21.2 Å². The highest BCUT2D eigenvalue weighted by atomic mass is 32.2. The molecular weight excluding hydrogens is 131 g/mol. The molecule has 0 rings (SSSR count). The molecule has 0 saturated carbocycles. The molecule has 0 heterocycles. The van der Waals surface area contributed by atoms with Crippen molar-refractivity contribution in [1.82, 2.24) is 0 Å². The minimum atomic E-state index is -1.87. The fraction of sp³-hybridized carbons (Fsp3) is 1.00. The lowest BCUT2D eigenvalue weighted by Crippen LogP contribution is -2.02. The predicted octanol–water partition coefficient (Wildman–Crippen LogP) is 0.860. The average Bonchev–Trinajstić information content (AvgIpc) is 1.72. The van der Waals surface area contributed by atoms with Crippen LogP contribution in [0, 0.1) is 0 Å². The zero-order valence-electron chi connectivity index (χ0n) is 5.18. The van der Waals surface area contributed by atoms with E-state index in [1.807, 2.05) is 0 Å². The maximum atomic E-state index is 9.70. The van der Waals surface area contributed by atoms with Crippen LogP contribution in [0.3, 0.4) is 0 Å². The zero-order valence-corrected chi connectivity index (χ0v) is 6.00. The molecule has 52 valence electrons. The van der Waals surface area contributed by atoms with Gasteiger partial charge in [0, 0.05) is 5.25 Å². The van der Waals surface area contributed by atoms with Gasteiger partial charge in [0.05, 0.1) is 7.18 Å². The highest BCUT2D eigenvalue weighted by molar-refractivity contribution is 7.79. The zero-order chi connectivity index (χ0) is 7.15. The van der Waals surface area contributed by atoms with Crippen LogP contribution in [0.15, 0.2) is 0 Å². The van der Waals surface area contributed by atoms with Gasteiger partial charge in [-0.1, -0.05) is 24.9 Å². The Hall–Kier alpha value is 0.0400. The Balaban J connectivity index is 0. The summed E-state index contributed by atoms with van der Waals surface area (Å²) in [5.41, 5.74) is 0. The van der Waals surface area contributed by atoms with Crippen LogP contribution < -0.4 is 0 Å². The first kappa shape index (κ1) is 10.9. The molecule has 0 radical (unpaired) electrons. The van der Waals surface area contributed by atoms with Gasteiger partial charge in [-0.05, 0) is 0 Å². The molecule has 0 aromatic heterocycles. The summed E-state index contributed by atoms with van der Waals surface area (Å²) in [6.45, 7) is 3.26. The summed E-state index contributed by atoms with van der Waals surface area (Å²) >= 11 is -1.87. The van der Waals surface area contributed by atoms with Crippen LogP contribution in [0.4, 0.5) is 4.39 Å². The van der Waals surface area contributed by atoms with Crippen molar-refractivity contribution in [3.63, 3.8) is 0 Å². The Morgan fingerprint density at radius 3 is 1.62 bits per heavy atom. The van der Waals surface area contributed by atoms with Crippen molar-refractivity contribution in [3.05, 3.63) is 0 Å². The number of hydrogen-bond acceptors (Lipinski definition) is 2. The monoisotopic (exact) mass is 141 g/mol. The second kappa shape index (κ2) is 7.04. The van der Waals surface area contributed by atoms with Gasteiger partial charge in [-0.3, -0.25) is 8.60 Å². The quantitative estimate of drug-likeness (QED) is 0.508. The molecule has 1 unspecified atom stereocenters. The summed E-state index contributed by atoms with van der Waals surface area (Å²) in [4.78, 5) is 0. The van der Waals surface area contributed by atoms with E-state index in [4.69, 9.17) is 0 Å². The van der Waals surface area contributed by atoms with Gasteiger partial charge < -0.3 is 4.55 Å². The molecule has 0 spiro atoms. The lowest BCUT2D eigenvalue weighted by molar-refractivity contribution is 0.528. The van der Waals surface area contributed by atoms with E-state index in [0.717, 1.165) is 0 Å². The molecule has 0 bridgehead atoms. The highest BCUT2D eigenvalue weighted by Gasteiger charge is 1.85. The molecule has 0 amide bonds. The molecule has 2 nitrogen and oxygen atoms in total. The molecular formula is C4H10FO2S-. The van der Waals surface area contributed by atoms with E-state index in [9.17, 15) is 13.2 Å². The lowest BCUT2D eigenvalue weighted by Gasteiger charge is -2.05. The third kappa shape index (κ3) is 9.40. The molecule has 0 aliphatic carbocycles. The van der Waals surface area contributed by atoms with E-state index >= 15 is 0 Å². The molecule has 1 atom stereocenters. The van der Waals surface area contributed by atoms with Crippen LogP contribution in [0.2, 0.25) is 0 Å². The first-order valence-electron chi connectivity index (χ1n) is 2.10. The van der Waals surface area contributed by atoms with Gasteiger partial charge in [0.2, 0.25) is 0 Å². The van der Waals surface area contributed by atoms with E-state index in [0.29, 0.717) is 7.18 Å². The first-order valence-corrected chi connectivity index (χ1v) is 3.24. The summed E-state index contributed by atoms with van der Waals surface area (Å²) in [6, 6.07) is 0. The fourth-order valence-corrected chi connectivity index (χ4v) is 0. The van der Waals surface area contributed by atoms with Crippen molar-refractivity contribution in [3.8, 4) is 0 Å². The summed E-state index contributed by atoms with van der Waals surface area (Å²) < 4.78 is 28.9. The van der Waals surface area contributed by atoms with E-state index < -0.39 is 11.1 Å². The van der Waals surface area contributed by atoms with Crippen LogP contribution in [0.5, 0.6) is 0 Å². The maximum absolute atomic E-state index is 9.70. The van der Waals surface area contributed by atoms with Gasteiger partial charge in [0.25, 0.3) is 0 Å². The fourth-order valence-electron chi connectivity index (χ4n) is 0. The van der Waals surface area contributed by atoms with Gasteiger partial charge >= 0.3 is 0 Å². The summed E-state index contributed by atoms with van der Waals surface area (Å²) in [5.74, 6) is 0. The summed E-state index contributed by atoms with van der Waals surface area (Å²) in [6.07, 6.45) is 0. The second-order valence-electron chi connectivity index (χ2n) is 1.31. The number of alkyl halides is 1. The SMILES string of the molecule is CC(C)S(=O)[O-].CF. The molecule has 8 heavy (non-hydrogen) atoms. The summed E-state index contributed by atoms with van der Waals surface area (Å²) in [5, 5.41) is -0.231. The Morgan fingerprint density at radius 2 is 1.62 bits per heavy atom. The van der Waals surface area contributed by atoms with Crippen molar-refractivity contribution >= 4 is 11.1 Å². The molecule has 4 heteroatoms. The minimum absolute atomic E-state index is 0.231. The number of rotatable bonds is 1. The smallest absolute Gasteiger partial charge is 0.0785 e. The van der Waals surface area contributed by atoms with Gasteiger partial charge in [0.15, 0.2) is 0 Å². The predicted molar refractivity (Wildman–Crippen MR) is 31.1 cm³/mol. The minimum Gasteiger partial charge on any atom is -0.772 e.